The van der Waals surface area contributed by atoms with Crippen LogP contribution in [-0.2, 0) is 4.74 Å². The van der Waals surface area contributed by atoms with Crippen LogP contribution in [0.1, 0.15) is 6.23 Å². The second-order valence-electron chi connectivity index (χ2n) is 6.26. The van der Waals surface area contributed by atoms with Gasteiger partial charge in [-0.15, -0.1) is 0 Å². The summed E-state index contributed by atoms with van der Waals surface area (Å²) in [7, 11) is 1.61. The van der Waals surface area contributed by atoms with Crippen molar-refractivity contribution in [2.75, 3.05) is 25.9 Å². The van der Waals surface area contributed by atoms with Crippen LogP contribution in [-0.4, -0.2) is 90.4 Å². The molecule has 1 aliphatic heterocycles. The number of ether oxygens (including phenoxy) is 1. The van der Waals surface area contributed by atoms with Crippen molar-refractivity contribution in [3.8, 4) is 0 Å². The van der Waals surface area contributed by atoms with Gasteiger partial charge in [-0.25, -0.2) is 15.0 Å². The first-order chi connectivity index (χ1) is 12.8. The number of anilines is 1. The van der Waals surface area contributed by atoms with Gasteiger partial charge in [-0.2, -0.15) is 0 Å². The number of likely N-dealkylation sites (N-methyl/N-ethyl adjacent to an activating group) is 1. The summed E-state index contributed by atoms with van der Waals surface area (Å²) in [4.78, 5) is 17.4. The molecule has 3 heterocycles. The lowest BCUT2D eigenvalue weighted by molar-refractivity contribution is -0.131. The average Bonchev–Trinajstić information content (AvgIpc) is 3.17. The van der Waals surface area contributed by atoms with Crippen molar-refractivity contribution >= 4 is 22.9 Å². The molecular formula is C14H23N9O4. The number of hydrogen-bond acceptors (Lipinski definition) is 10. The zero-order chi connectivity index (χ0) is 19.7. The Balaban J connectivity index is 1.77. The number of rotatable bonds is 6. The molecule has 9 N–H and O–H groups in total. The topological polar surface area (TPSA) is 207 Å². The second-order valence-corrected chi connectivity index (χ2v) is 6.26. The van der Waals surface area contributed by atoms with Crippen molar-refractivity contribution in [2.45, 2.75) is 30.8 Å². The van der Waals surface area contributed by atoms with Gasteiger partial charge in [0.25, 0.3) is 0 Å². The minimum absolute atomic E-state index is 0.0567. The number of fused-ring (bicyclic) bond motifs is 1. The van der Waals surface area contributed by atoms with E-state index in [0.29, 0.717) is 17.7 Å². The first-order valence-corrected chi connectivity index (χ1v) is 8.19. The molecule has 3 rings (SSSR count). The molecule has 27 heavy (non-hydrogen) atoms. The molecular weight excluding hydrogens is 358 g/mol. The Hall–Kier alpha value is -2.58. The second kappa shape index (κ2) is 7.58. The molecule has 13 nitrogen and oxygen atoms in total. The molecule has 148 valence electrons. The highest BCUT2D eigenvalue weighted by Crippen LogP contribution is 2.33. The maximum atomic E-state index is 10.5. The molecule has 0 aliphatic carbocycles. The summed E-state index contributed by atoms with van der Waals surface area (Å²) in [5.74, 6) is 0.126. The summed E-state index contributed by atoms with van der Waals surface area (Å²) in [5, 5.41) is 31.3. The highest BCUT2D eigenvalue weighted by molar-refractivity contribution is 5.81. The largest absolute Gasteiger partial charge is 0.387 e. The molecule has 1 unspecified atom stereocenters. The fourth-order valence-corrected chi connectivity index (χ4v) is 2.94. The zero-order valence-corrected chi connectivity index (χ0v) is 14.6. The molecule has 2 aromatic heterocycles. The fraction of sp³-hybridized carbons (Fsp3) is 0.571. The van der Waals surface area contributed by atoms with Crippen LogP contribution in [0.4, 0.5) is 5.82 Å². The summed E-state index contributed by atoms with van der Waals surface area (Å²) < 4.78 is 7.17. The van der Waals surface area contributed by atoms with Gasteiger partial charge in [0.15, 0.2) is 23.7 Å². The molecule has 0 aromatic carbocycles. The van der Waals surface area contributed by atoms with Crippen molar-refractivity contribution in [1.82, 2.24) is 24.4 Å². The number of hydrogen-bond donors (Lipinski definition) is 6. The van der Waals surface area contributed by atoms with Crippen molar-refractivity contribution in [3.63, 3.8) is 0 Å². The van der Waals surface area contributed by atoms with E-state index in [0.717, 1.165) is 0 Å². The molecule has 13 heteroatoms. The summed E-state index contributed by atoms with van der Waals surface area (Å²) in [6.45, 7) is 0.567. The normalized spacial score (nSPS) is 26.6. The molecule has 0 spiro atoms. The van der Waals surface area contributed by atoms with E-state index >= 15 is 0 Å². The molecule has 5 atom stereocenters. The SMILES string of the molecule is CN(CCN=C(N)N)C(O)[C@H]1O[C@@H](n2cnc3c(N)ncnc32)[C@H](O)[C@@H]1O. The molecule has 0 saturated carbocycles. The van der Waals surface area contributed by atoms with E-state index in [1.807, 2.05) is 0 Å². The fourth-order valence-electron chi connectivity index (χ4n) is 2.94. The van der Waals surface area contributed by atoms with Crippen molar-refractivity contribution in [1.29, 1.82) is 0 Å². The van der Waals surface area contributed by atoms with Crippen molar-refractivity contribution < 1.29 is 20.1 Å². The van der Waals surface area contributed by atoms with Crippen LogP contribution in [0.2, 0.25) is 0 Å². The van der Waals surface area contributed by atoms with Crippen LogP contribution in [0.25, 0.3) is 11.2 Å². The lowest BCUT2D eigenvalue weighted by Crippen LogP contribution is -2.48. The van der Waals surface area contributed by atoms with Gasteiger partial charge >= 0.3 is 0 Å². The van der Waals surface area contributed by atoms with Crippen LogP contribution in [0.3, 0.4) is 0 Å². The van der Waals surface area contributed by atoms with E-state index < -0.39 is 30.8 Å². The molecule has 1 saturated heterocycles. The number of imidazole rings is 1. The van der Waals surface area contributed by atoms with Crippen LogP contribution in [0, 0.1) is 0 Å². The quantitative estimate of drug-likeness (QED) is 0.165. The van der Waals surface area contributed by atoms with Gasteiger partial charge in [-0.3, -0.25) is 14.5 Å². The number of guanidine groups is 1. The number of nitrogens with two attached hydrogens (primary N) is 3. The van der Waals surface area contributed by atoms with E-state index in [2.05, 4.69) is 19.9 Å². The number of nitrogen functional groups attached to an aromatic ring is 1. The lowest BCUT2D eigenvalue weighted by Gasteiger charge is -2.28. The number of aliphatic imine (C=N–C) groups is 1. The third kappa shape index (κ3) is 3.63. The van der Waals surface area contributed by atoms with E-state index in [1.165, 1.54) is 22.1 Å². The summed E-state index contributed by atoms with van der Waals surface area (Å²) >= 11 is 0. The molecule has 2 aromatic rings. The van der Waals surface area contributed by atoms with Gasteiger partial charge in [-0.1, -0.05) is 0 Å². The third-order valence-electron chi connectivity index (χ3n) is 4.43. The van der Waals surface area contributed by atoms with Crippen molar-refractivity contribution in [3.05, 3.63) is 12.7 Å². The molecule has 0 amide bonds. The van der Waals surface area contributed by atoms with Crippen molar-refractivity contribution in [2.24, 2.45) is 16.5 Å². The third-order valence-corrected chi connectivity index (χ3v) is 4.43. The van der Waals surface area contributed by atoms with Gasteiger partial charge in [0.05, 0.1) is 12.9 Å². The number of aromatic nitrogens is 4. The van der Waals surface area contributed by atoms with Gasteiger partial charge < -0.3 is 37.3 Å². The maximum Gasteiger partial charge on any atom is 0.185 e. The predicted octanol–water partition coefficient (Wildman–Crippen LogP) is -3.45. The van der Waals surface area contributed by atoms with E-state index in [1.54, 1.807) is 7.05 Å². The molecule has 1 fully saturated rings. The molecule has 0 radical (unpaired) electrons. The summed E-state index contributed by atoms with van der Waals surface area (Å²) in [5.41, 5.74) is 17.0. The van der Waals surface area contributed by atoms with Crippen LogP contribution >= 0.6 is 0 Å². The molecule has 0 bridgehead atoms. The average molecular weight is 381 g/mol. The van der Waals surface area contributed by atoms with Gasteiger partial charge in [0, 0.05) is 6.54 Å². The zero-order valence-electron chi connectivity index (χ0n) is 14.6. The van der Waals surface area contributed by atoms with E-state index in [9.17, 15) is 15.3 Å². The Morgan fingerprint density at radius 2 is 2.07 bits per heavy atom. The summed E-state index contributed by atoms with van der Waals surface area (Å²) in [6, 6.07) is 0. The monoisotopic (exact) mass is 381 g/mol. The maximum absolute atomic E-state index is 10.5. The standard InChI is InChI=1S/C14H23N9O4/c1-22(3-2-18-14(16)17)12(26)9-7(24)8(25)13(27-9)23-5-21-6-10(15)19-4-20-11(6)23/h4-5,7-9,12-13,24-26H,2-3H2,1H3,(H2,15,19,20)(H4,16,17,18)/t7-,8+,9-,12?,13+/m0/s1. The first kappa shape index (κ1) is 19.2. The summed E-state index contributed by atoms with van der Waals surface area (Å²) in [6.07, 6.45) is -3.30. The minimum Gasteiger partial charge on any atom is -0.387 e. The van der Waals surface area contributed by atoms with Gasteiger partial charge in [0.2, 0.25) is 0 Å². The Kier molecular flexibility index (Phi) is 5.38. The van der Waals surface area contributed by atoms with E-state index in [-0.39, 0.29) is 18.3 Å². The Labute approximate surface area is 154 Å². The number of aliphatic hydroxyl groups is 3. The van der Waals surface area contributed by atoms with Gasteiger partial charge in [-0.05, 0) is 7.05 Å². The number of nitrogens with zero attached hydrogens (tertiary/aromatic N) is 6. The Morgan fingerprint density at radius 3 is 2.78 bits per heavy atom. The first-order valence-electron chi connectivity index (χ1n) is 8.19. The Bertz CT molecular complexity index is 824. The van der Waals surface area contributed by atoms with Crippen LogP contribution < -0.4 is 17.2 Å². The van der Waals surface area contributed by atoms with Crippen LogP contribution in [0.5, 0.6) is 0 Å². The number of aliphatic hydroxyl groups excluding tert-OH is 3. The predicted molar refractivity (Wildman–Crippen MR) is 95.0 cm³/mol. The smallest absolute Gasteiger partial charge is 0.185 e. The lowest BCUT2D eigenvalue weighted by atomic mass is 10.1. The van der Waals surface area contributed by atoms with Gasteiger partial charge in [0.1, 0.15) is 36.4 Å². The van der Waals surface area contributed by atoms with E-state index in [4.69, 9.17) is 21.9 Å². The molecule has 1 aliphatic rings. The highest BCUT2D eigenvalue weighted by atomic mass is 16.6. The van der Waals surface area contributed by atoms with Crippen LogP contribution in [0.15, 0.2) is 17.6 Å². The Morgan fingerprint density at radius 1 is 1.33 bits per heavy atom. The highest BCUT2D eigenvalue weighted by Gasteiger charge is 2.48. The minimum atomic E-state index is -1.34.